The van der Waals surface area contributed by atoms with Gasteiger partial charge in [0, 0.05) is 18.4 Å². The Morgan fingerprint density at radius 1 is 0.767 bits per heavy atom. The van der Waals surface area contributed by atoms with Crippen LogP contribution in [-0.4, -0.2) is 0 Å². The highest BCUT2D eigenvalue weighted by Gasteiger charge is 2.38. The van der Waals surface area contributed by atoms with Gasteiger partial charge in [0.05, 0.1) is 5.69 Å². The highest BCUT2D eigenvalue weighted by molar-refractivity contribution is 5.92. The van der Waals surface area contributed by atoms with Gasteiger partial charge in [0.15, 0.2) is 0 Å². The van der Waals surface area contributed by atoms with Crippen LogP contribution in [0.25, 0.3) is 16.8 Å². The molecule has 4 aromatic carbocycles. The van der Waals surface area contributed by atoms with E-state index in [1.165, 1.54) is 5.56 Å². The van der Waals surface area contributed by atoms with Crippen LogP contribution in [0.2, 0.25) is 0 Å². The minimum atomic E-state index is -0.599. The molecule has 3 heteroatoms. The van der Waals surface area contributed by atoms with Crippen molar-refractivity contribution in [2.24, 2.45) is 16.0 Å². The third kappa shape index (κ3) is 3.04. The molecule has 0 radical (unpaired) electrons. The zero-order valence-electron chi connectivity index (χ0n) is 16.7. The summed E-state index contributed by atoms with van der Waals surface area (Å²) in [5.74, 6) is 0. The Labute approximate surface area is 176 Å². The summed E-state index contributed by atoms with van der Waals surface area (Å²) in [5.41, 5.74) is 11.0. The van der Waals surface area contributed by atoms with Gasteiger partial charge in [0.25, 0.3) is 0 Å². The topological polar surface area (TPSA) is 50.7 Å². The molecule has 3 nitrogen and oxygen atoms in total. The standard InChI is InChI=1S/C27H23N3/c28-19-22-11-3-6-16-25(22)27(18-8-13-21-10-2-5-15-24(21)27)30-29-26-17-7-12-20-9-1-4-14-23(20)26/h1-17H,18-19,28H2. The van der Waals surface area contributed by atoms with Crippen LogP contribution in [0.4, 0.5) is 5.69 Å². The molecule has 2 N–H and O–H groups in total. The van der Waals surface area contributed by atoms with E-state index in [1.54, 1.807) is 0 Å². The third-order valence-corrected chi connectivity index (χ3v) is 5.89. The molecule has 5 rings (SSSR count). The van der Waals surface area contributed by atoms with Crippen molar-refractivity contribution >= 4 is 22.5 Å². The molecule has 0 bridgehead atoms. The van der Waals surface area contributed by atoms with Gasteiger partial charge in [-0.1, -0.05) is 97.1 Å². The molecule has 1 atom stereocenters. The molecule has 1 aliphatic carbocycles. The molecule has 0 spiro atoms. The molecule has 4 aromatic rings. The van der Waals surface area contributed by atoms with Gasteiger partial charge >= 0.3 is 0 Å². The minimum absolute atomic E-state index is 0.466. The zero-order chi connectivity index (χ0) is 20.4. The van der Waals surface area contributed by atoms with Crippen molar-refractivity contribution in [3.63, 3.8) is 0 Å². The summed E-state index contributed by atoms with van der Waals surface area (Å²) >= 11 is 0. The van der Waals surface area contributed by atoms with E-state index < -0.39 is 5.54 Å². The molecule has 0 aliphatic heterocycles. The van der Waals surface area contributed by atoms with E-state index in [0.29, 0.717) is 6.54 Å². The van der Waals surface area contributed by atoms with Crippen LogP contribution in [0.15, 0.2) is 107 Å². The molecular formula is C27H23N3. The highest BCUT2D eigenvalue weighted by atomic mass is 15.2. The van der Waals surface area contributed by atoms with Gasteiger partial charge in [-0.05, 0) is 33.7 Å². The number of benzene rings is 4. The van der Waals surface area contributed by atoms with E-state index >= 15 is 0 Å². The summed E-state index contributed by atoms with van der Waals surface area (Å²) in [6, 6.07) is 31.2. The maximum Gasteiger partial charge on any atom is 0.136 e. The van der Waals surface area contributed by atoms with E-state index in [0.717, 1.165) is 39.6 Å². The van der Waals surface area contributed by atoms with Crippen molar-refractivity contribution in [3.8, 4) is 0 Å². The van der Waals surface area contributed by atoms with Crippen molar-refractivity contribution in [2.75, 3.05) is 0 Å². The maximum atomic E-state index is 6.13. The Morgan fingerprint density at radius 3 is 2.40 bits per heavy atom. The van der Waals surface area contributed by atoms with Gasteiger partial charge in [0.2, 0.25) is 0 Å². The van der Waals surface area contributed by atoms with Crippen molar-refractivity contribution in [3.05, 3.63) is 119 Å². The Bertz CT molecular complexity index is 1270. The lowest BCUT2D eigenvalue weighted by Gasteiger charge is -2.34. The second-order valence-electron chi connectivity index (χ2n) is 7.61. The molecule has 146 valence electrons. The quantitative estimate of drug-likeness (QED) is 0.386. The van der Waals surface area contributed by atoms with Gasteiger partial charge < -0.3 is 5.73 Å². The van der Waals surface area contributed by atoms with E-state index in [2.05, 4.69) is 72.8 Å². The fourth-order valence-electron chi connectivity index (χ4n) is 4.43. The molecule has 0 heterocycles. The average molecular weight is 390 g/mol. The summed E-state index contributed by atoms with van der Waals surface area (Å²) in [5, 5.41) is 12.2. The van der Waals surface area contributed by atoms with Crippen LogP contribution >= 0.6 is 0 Å². The largest absolute Gasteiger partial charge is 0.326 e. The normalized spacial score (nSPS) is 18.0. The number of hydrogen-bond donors (Lipinski definition) is 1. The van der Waals surface area contributed by atoms with Crippen LogP contribution in [0.5, 0.6) is 0 Å². The Kier molecular flexibility index (Phi) is 4.74. The number of nitrogens with two attached hydrogens (primary N) is 1. The highest BCUT2D eigenvalue weighted by Crippen LogP contribution is 2.45. The maximum absolute atomic E-state index is 6.13. The smallest absolute Gasteiger partial charge is 0.136 e. The molecule has 0 aromatic heterocycles. The molecule has 0 amide bonds. The number of fused-ring (bicyclic) bond motifs is 2. The Hall–Kier alpha value is -3.56. The van der Waals surface area contributed by atoms with Gasteiger partial charge in [-0.3, -0.25) is 0 Å². The van der Waals surface area contributed by atoms with Crippen LogP contribution in [0.3, 0.4) is 0 Å². The summed E-state index contributed by atoms with van der Waals surface area (Å²) in [4.78, 5) is 0. The first-order valence-electron chi connectivity index (χ1n) is 10.3. The fourth-order valence-corrected chi connectivity index (χ4v) is 4.43. The van der Waals surface area contributed by atoms with Gasteiger partial charge in [-0.2, -0.15) is 10.2 Å². The first-order valence-corrected chi connectivity index (χ1v) is 10.3. The van der Waals surface area contributed by atoms with Crippen molar-refractivity contribution in [1.82, 2.24) is 0 Å². The van der Waals surface area contributed by atoms with Crippen LogP contribution in [0, 0.1) is 0 Å². The fraction of sp³-hybridized carbons (Fsp3) is 0.111. The number of hydrogen-bond acceptors (Lipinski definition) is 3. The summed E-state index contributed by atoms with van der Waals surface area (Å²) in [6.45, 7) is 0.466. The second-order valence-corrected chi connectivity index (χ2v) is 7.61. The molecule has 30 heavy (non-hydrogen) atoms. The average Bonchev–Trinajstić information content (AvgIpc) is 2.82. The Balaban J connectivity index is 1.74. The molecule has 1 aliphatic rings. The zero-order valence-corrected chi connectivity index (χ0v) is 16.7. The first-order chi connectivity index (χ1) is 14.8. The predicted octanol–water partition coefficient (Wildman–Crippen LogP) is 6.74. The second kappa shape index (κ2) is 7.69. The van der Waals surface area contributed by atoms with E-state index in [4.69, 9.17) is 16.0 Å². The monoisotopic (exact) mass is 389 g/mol. The molecular weight excluding hydrogens is 366 g/mol. The first kappa shape index (κ1) is 18.5. The summed E-state index contributed by atoms with van der Waals surface area (Å²) in [6.07, 6.45) is 5.11. The van der Waals surface area contributed by atoms with Crippen molar-refractivity contribution < 1.29 is 0 Å². The van der Waals surface area contributed by atoms with Crippen LogP contribution < -0.4 is 5.73 Å². The molecule has 0 fully saturated rings. The van der Waals surface area contributed by atoms with E-state index in [-0.39, 0.29) is 0 Å². The Morgan fingerprint density at radius 2 is 1.50 bits per heavy atom. The van der Waals surface area contributed by atoms with Gasteiger partial charge in [-0.25, -0.2) is 0 Å². The minimum Gasteiger partial charge on any atom is -0.326 e. The van der Waals surface area contributed by atoms with Crippen molar-refractivity contribution in [1.29, 1.82) is 0 Å². The summed E-state index contributed by atoms with van der Waals surface area (Å²) in [7, 11) is 0. The number of azo groups is 1. The lowest BCUT2D eigenvalue weighted by Crippen LogP contribution is -2.29. The van der Waals surface area contributed by atoms with E-state index in [1.807, 2.05) is 30.3 Å². The number of rotatable bonds is 4. The van der Waals surface area contributed by atoms with Gasteiger partial charge in [-0.15, -0.1) is 0 Å². The van der Waals surface area contributed by atoms with Crippen LogP contribution in [0.1, 0.15) is 28.7 Å². The summed E-state index contributed by atoms with van der Waals surface area (Å²) < 4.78 is 0. The predicted molar refractivity (Wildman–Crippen MR) is 124 cm³/mol. The lowest BCUT2D eigenvalue weighted by atomic mass is 9.74. The molecule has 1 unspecified atom stereocenters. The lowest BCUT2D eigenvalue weighted by molar-refractivity contribution is 0.512. The van der Waals surface area contributed by atoms with Crippen molar-refractivity contribution in [2.45, 2.75) is 18.5 Å². The molecule has 0 saturated heterocycles. The third-order valence-electron chi connectivity index (χ3n) is 5.89. The van der Waals surface area contributed by atoms with Crippen LogP contribution in [-0.2, 0) is 12.1 Å². The van der Waals surface area contributed by atoms with Gasteiger partial charge in [0.1, 0.15) is 5.54 Å². The number of nitrogens with zero attached hydrogens (tertiary/aromatic N) is 2. The molecule has 0 saturated carbocycles. The SMILES string of the molecule is NCc1ccccc1C1(N=Nc2cccc3ccccc23)CC=Cc2ccccc21. The van der Waals surface area contributed by atoms with E-state index in [9.17, 15) is 0 Å².